The van der Waals surface area contributed by atoms with Crippen molar-refractivity contribution in [2.24, 2.45) is 0 Å². The molecule has 0 aromatic carbocycles. The molecule has 0 radical (unpaired) electrons. The molecule has 70 valence electrons. The Bertz CT molecular complexity index is 295. The Balaban J connectivity index is 3.03. The Kier molecular flexibility index (Phi) is 3.68. The smallest absolute Gasteiger partial charge is 0.423 e. The Morgan fingerprint density at radius 2 is 2.31 bits per heavy atom. The molecule has 1 aromatic heterocycles. The third kappa shape index (κ3) is 2.67. The van der Waals surface area contributed by atoms with Gasteiger partial charge in [0, 0.05) is 18.8 Å². The molecule has 0 saturated heterocycles. The lowest BCUT2D eigenvalue weighted by molar-refractivity contribution is 0.185. The fourth-order valence-corrected chi connectivity index (χ4v) is 1.17. The van der Waals surface area contributed by atoms with E-state index in [0.717, 1.165) is 0 Å². The molecule has 0 aliphatic heterocycles. The zero-order valence-electron chi connectivity index (χ0n) is 7.07. The van der Waals surface area contributed by atoms with Crippen LogP contribution in [0.1, 0.15) is 5.56 Å². The number of halogens is 1. The van der Waals surface area contributed by atoms with Crippen LogP contribution in [0.2, 0.25) is 5.15 Å². The topological polar surface area (TPSA) is 62.6 Å². The summed E-state index contributed by atoms with van der Waals surface area (Å²) in [6.07, 6.45) is 1.32. The lowest BCUT2D eigenvalue weighted by Gasteiger charge is -2.07. The van der Waals surface area contributed by atoms with Gasteiger partial charge in [-0.05, 0) is 11.6 Å². The minimum absolute atomic E-state index is 0.273. The third-order valence-corrected chi connectivity index (χ3v) is 1.78. The van der Waals surface area contributed by atoms with Gasteiger partial charge in [0.15, 0.2) is 0 Å². The molecule has 13 heavy (non-hydrogen) atoms. The second kappa shape index (κ2) is 4.57. The molecule has 0 fully saturated rings. The van der Waals surface area contributed by atoms with Crippen LogP contribution in [0.3, 0.4) is 0 Å². The van der Waals surface area contributed by atoms with E-state index in [2.05, 4.69) is 4.98 Å². The first-order chi connectivity index (χ1) is 6.15. The second-order valence-corrected chi connectivity index (χ2v) is 2.90. The summed E-state index contributed by atoms with van der Waals surface area (Å²) in [5, 5.41) is 18.2. The van der Waals surface area contributed by atoms with Gasteiger partial charge in [0.2, 0.25) is 0 Å². The van der Waals surface area contributed by atoms with Crippen LogP contribution >= 0.6 is 11.6 Å². The largest absolute Gasteiger partial charge is 0.490 e. The molecule has 0 bridgehead atoms. The fraction of sp³-hybridized carbons (Fsp3) is 0.286. The van der Waals surface area contributed by atoms with Gasteiger partial charge >= 0.3 is 7.12 Å². The Morgan fingerprint density at radius 1 is 1.62 bits per heavy atom. The van der Waals surface area contributed by atoms with Gasteiger partial charge in [-0.3, -0.25) is 0 Å². The molecule has 0 atom stereocenters. The molecule has 6 heteroatoms. The fourth-order valence-electron chi connectivity index (χ4n) is 0.991. The maximum Gasteiger partial charge on any atom is 0.490 e. The van der Waals surface area contributed by atoms with Crippen LogP contribution in [0.5, 0.6) is 0 Å². The van der Waals surface area contributed by atoms with Gasteiger partial charge in [-0.25, -0.2) is 4.98 Å². The maximum atomic E-state index is 8.94. The number of nitrogens with zero attached hydrogens (tertiary/aromatic N) is 1. The molecule has 1 rings (SSSR count). The van der Waals surface area contributed by atoms with Gasteiger partial charge in [0.05, 0.1) is 6.61 Å². The average molecular weight is 201 g/mol. The molecule has 0 unspecified atom stereocenters. The molecular weight excluding hydrogens is 192 g/mol. The molecule has 1 heterocycles. The molecule has 0 aliphatic carbocycles. The minimum Gasteiger partial charge on any atom is -0.423 e. The highest BCUT2D eigenvalue weighted by molar-refractivity contribution is 6.59. The predicted molar refractivity (Wildman–Crippen MR) is 49.8 cm³/mol. The van der Waals surface area contributed by atoms with Gasteiger partial charge < -0.3 is 14.8 Å². The van der Waals surface area contributed by atoms with Crippen molar-refractivity contribution in [2.45, 2.75) is 6.61 Å². The van der Waals surface area contributed by atoms with E-state index in [1.54, 1.807) is 6.07 Å². The summed E-state index contributed by atoms with van der Waals surface area (Å²) in [5.74, 6) is 0. The van der Waals surface area contributed by atoms with Crippen LogP contribution in [0, 0.1) is 0 Å². The van der Waals surface area contributed by atoms with Crippen molar-refractivity contribution in [3.63, 3.8) is 0 Å². The zero-order chi connectivity index (χ0) is 9.84. The molecule has 0 spiro atoms. The van der Waals surface area contributed by atoms with Crippen LogP contribution in [-0.4, -0.2) is 29.3 Å². The van der Waals surface area contributed by atoms with E-state index in [-0.39, 0.29) is 6.61 Å². The standard InChI is InChI=1S/C7H9BClNO3/c1-13-4-5-2-7(9)10-3-6(5)8(11)12/h2-3,11-12H,4H2,1H3. The minimum atomic E-state index is -1.55. The first kappa shape index (κ1) is 10.5. The summed E-state index contributed by atoms with van der Waals surface area (Å²) in [7, 11) is -0.0306. The highest BCUT2D eigenvalue weighted by atomic mass is 35.5. The Labute approximate surface area is 81.3 Å². The summed E-state index contributed by atoms with van der Waals surface area (Å²) >= 11 is 5.63. The zero-order valence-corrected chi connectivity index (χ0v) is 7.82. The van der Waals surface area contributed by atoms with Gasteiger partial charge in [-0.15, -0.1) is 0 Å². The molecule has 0 amide bonds. The van der Waals surface area contributed by atoms with Crippen LogP contribution in [0.4, 0.5) is 0 Å². The number of pyridine rings is 1. The Hall–Kier alpha value is -0.615. The normalized spacial score (nSPS) is 10.2. The predicted octanol–water partition coefficient (Wildman–Crippen LogP) is -0.439. The van der Waals surface area contributed by atoms with Gasteiger partial charge in [-0.2, -0.15) is 0 Å². The van der Waals surface area contributed by atoms with Crippen LogP contribution in [0.25, 0.3) is 0 Å². The molecule has 2 N–H and O–H groups in total. The van der Waals surface area contributed by atoms with Crippen molar-refractivity contribution in [1.82, 2.24) is 4.98 Å². The van der Waals surface area contributed by atoms with Crippen molar-refractivity contribution in [3.8, 4) is 0 Å². The third-order valence-electron chi connectivity index (χ3n) is 1.57. The van der Waals surface area contributed by atoms with Gasteiger partial charge in [0.1, 0.15) is 5.15 Å². The number of hydrogen-bond acceptors (Lipinski definition) is 4. The average Bonchev–Trinajstić information content (AvgIpc) is 2.04. The van der Waals surface area contributed by atoms with Crippen molar-refractivity contribution >= 4 is 24.2 Å². The molecule has 0 saturated carbocycles. The van der Waals surface area contributed by atoms with Crippen molar-refractivity contribution < 1.29 is 14.8 Å². The second-order valence-electron chi connectivity index (χ2n) is 2.51. The highest BCUT2D eigenvalue weighted by Crippen LogP contribution is 2.06. The summed E-state index contributed by atoms with van der Waals surface area (Å²) in [6.45, 7) is 0.273. The maximum absolute atomic E-state index is 8.94. The number of rotatable bonds is 3. The highest BCUT2D eigenvalue weighted by Gasteiger charge is 2.16. The monoisotopic (exact) mass is 201 g/mol. The SMILES string of the molecule is COCc1cc(Cl)ncc1B(O)O. The molecule has 4 nitrogen and oxygen atoms in total. The molecule has 1 aromatic rings. The first-order valence-corrected chi connectivity index (χ1v) is 4.02. The number of aromatic nitrogens is 1. The quantitative estimate of drug-likeness (QED) is 0.514. The number of ether oxygens (including phenoxy) is 1. The lowest BCUT2D eigenvalue weighted by atomic mass is 9.78. The first-order valence-electron chi connectivity index (χ1n) is 3.64. The number of hydrogen-bond donors (Lipinski definition) is 2. The summed E-state index contributed by atoms with van der Waals surface area (Å²) in [5.41, 5.74) is 0.934. The summed E-state index contributed by atoms with van der Waals surface area (Å²) in [6, 6.07) is 1.54. The van der Waals surface area contributed by atoms with Crippen LogP contribution in [0.15, 0.2) is 12.3 Å². The van der Waals surface area contributed by atoms with E-state index >= 15 is 0 Å². The van der Waals surface area contributed by atoms with E-state index in [1.807, 2.05) is 0 Å². The van der Waals surface area contributed by atoms with E-state index in [1.165, 1.54) is 13.3 Å². The molecular formula is C7H9BClNO3. The van der Waals surface area contributed by atoms with E-state index in [0.29, 0.717) is 16.2 Å². The summed E-state index contributed by atoms with van der Waals surface area (Å²) in [4.78, 5) is 3.73. The summed E-state index contributed by atoms with van der Waals surface area (Å²) < 4.78 is 4.87. The van der Waals surface area contributed by atoms with Crippen LogP contribution in [-0.2, 0) is 11.3 Å². The van der Waals surface area contributed by atoms with Gasteiger partial charge in [0.25, 0.3) is 0 Å². The van der Waals surface area contributed by atoms with E-state index < -0.39 is 7.12 Å². The van der Waals surface area contributed by atoms with E-state index in [4.69, 9.17) is 26.4 Å². The number of methoxy groups -OCH3 is 1. The van der Waals surface area contributed by atoms with Gasteiger partial charge in [-0.1, -0.05) is 11.6 Å². The lowest BCUT2D eigenvalue weighted by Crippen LogP contribution is -2.33. The Morgan fingerprint density at radius 3 is 2.85 bits per heavy atom. The van der Waals surface area contributed by atoms with Crippen LogP contribution < -0.4 is 5.46 Å². The molecule has 0 aliphatic rings. The van der Waals surface area contributed by atoms with Crippen molar-refractivity contribution in [3.05, 3.63) is 23.0 Å². The van der Waals surface area contributed by atoms with Crippen molar-refractivity contribution in [2.75, 3.05) is 7.11 Å². The van der Waals surface area contributed by atoms with E-state index in [9.17, 15) is 0 Å². The van der Waals surface area contributed by atoms with Crippen molar-refractivity contribution in [1.29, 1.82) is 0 Å².